The molecule has 0 spiro atoms. The number of amides is 2. The molecule has 2 amide bonds. The second kappa shape index (κ2) is 7.19. The molecule has 0 unspecified atom stereocenters. The van der Waals surface area contributed by atoms with Crippen LogP contribution >= 0.6 is 0 Å². The molecule has 7 nitrogen and oxygen atoms in total. The number of benzene rings is 1. The largest absolute Gasteiger partial charge is 0.396 e. The molecule has 0 bridgehead atoms. The van der Waals surface area contributed by atoms with Crippen LogP contribution < -0.4 is 15.1 Å². The van der Waals surface area contributed by atoms with E-state index in [2.05, 4.69) is 5.32 Å². The van der Waals surface area contributed by atoms with Gasteiger partial charge in [-0.15, -0.1) is 0 Å². The lowest BCUT2D eigenvalue weighted by Crippen LogP contribution is -2.48. The number of aliphatic hydroxyl groups is 2. The van der Waals surface area contributed by atoms with Crippen molar-refractivity contribution in [3.05, 3.63) is 35.9 Å². The number of likely N-dealkylation sites (N-methyl/N-ethyl adjacent to an activating group) is 1. The highest BCUT2D eigenvalue weighted by Crippen LogP contribution is 2.46. The van der Waals surface area contributed by atoms with E-state index in [1.54, 1.807) is 43.2 Å². The molecule has 3 N–H and O–H groups in total. The van der Waals surface area contributed by atoms with Crippen LogP contribution in [-0.4, -0.2) is 55.3 Å². The number of nitrogens with zero attached hydrogens (tertiary/aromatic N) is 2. The van der Waals surface area contributed by atoms with Gasteiger partial charge in [-0.25, -0.2) is 0 Å². The predicted octanol–water partition coefficient (Wildman–Crippen LogP) is 0.361. The summed E-state index contributed by atoms with van der Waals surface area (Å²) in [7, 11) is 1.64. The van der Waals surface area contributed by atoms with E-state index in [0.29, 0.717) is 36.4 Å². The van der Waals surface area contributed by atoms with E-state index in [1.807, 2.05) is 6.07 Å². The van der Waals surface area contributed by atoms with Gasteiger partial charge in [-0.3, -0.25) is 9.59 Å². The molecule has 1 saturated heterocycles. The number of fused-ring (bicyclic) bond motifs is 1. The summed E-state index contributed by atoms with van der Waals surface area (Å²) in [6.45, 7) is 3.32. The predicted molar refractivity (Wildman–Crippen MR) is 99.0 cm³/mol. The smallest absolute Gasteiger partial charge is 0.264 e. The zero-order chi connectivity index (χ0) is 18.9. The van der Waals surface area contributed by atoms with Gasteiger partial charge in [-0.1, -0.05) is 19.1 Å². The third-order valence-electron chi connectivity index (χ3n) is 5.16. The maximum absolute atomic E-state index is 12.8. The van der Waals surface area contributed by atoms with E-state index >= 15 is 0 Å². The lowest BCUT2D eigenvalue weighted by Gasteiger charge is -2.30. The van der Waals surface area contributed by atoms with Crippen molar-refractivity contribution in [3.8, 4) is 0 Å². The lowest BCUT2D eigenvalue weighted by molar-refractivity contribution is -0.139. The number of carbonyl (C=O) groups is 2. The number of piperazine rings is 1. The highest BCUT2D eigenvalue weighted by atomic mass is 16.3. The summed E-state index contributed by atoms with van der Waals surface area (Å²) in [6, 6.07) is 5.33. The second-order valence-electron chi connectivity index (χ2n) is 6.78. The number of carbonyl (C=O) groups excluding carboxylic acids is 2. The summed E-state index contributed by atoms with van der Waals surface area (Å²) in [4.78, 5) is 28.1. The summed E-state index contributed by atoms with van der Waals surface area (Å²) in [5.41, 5.74) is 0.146. The Balaban J connectivity index is 2.01. The highest BCUT2D eigenvalue weighted by molar-refractivity contribution is 6.07. The zero-order valence-corrected chi connectivity index (χ0v) is 15.1. The summed E-state index contributed by atoms with van der Waals surface area (Å²) in [5.74, 6) is -0.898. The van der Waals surface area contributed by atoms with Crippen LogP contribution in [0.2, 0.25) is 0 Å². The Morgan fingerprint density at radius 3 is 2.85 bits per heavy atom. The van der Waals surface area contributed by atoms with Gasteiger partial charge >= 0.3 is 0 Å². The van der Waals surface area contributed by atoms with E-state index in [-0.39, 0.29) is 19.1 Å². The summed E-state index contributed by atoms with van der Waals surface area (Å²) in [5, 5.41) is 23.3. The average Bonchev–Trinajstić information content (AvgIpc) is 2.84. The van der Waals surface area contributed by atoms with Gasteiger partial charge in [0, 0.05) is 43.9 Å². The molecule has 0 radical (unpaired) electrons. The average molecular weight is 359 g/mol. The fraction of sp³-hybridized carbons (Fsp3) is 0.474. The molecule has 1 fully saturated rings. The van der Waals surface area contributed by atoms with E-state index in [9.17, 15) is 14.7 Å². The Morgan fingerprint density at radius 2 is 2.15 bits per heavy atom. The quantitative estimate of drug-likeness (QED) is 0.660. The van der Waals surface area contributed by atoms with E-state index in [1.165, 1.54) is 4.90 Å². The van der Waals surface area contributed by atoms with Crippen molar-refractivity contribution >= 4 is 23.2 Å². The maximum Gasteiger partial charge on any atom is 0.264 e. The van der Waals surface area contributed by atoms with Crippen LogP contribution in [0, 0.1) is 5.92 Å². The van der Waals surface area contributed by atoms with Gasteiger partial charge in [0.15, 0.2) is 5.60 Å². The number of rotatable bonds is 5. The standard InChI is InChI=1S/C19H25N3O4/c1-13(5-3-4-10-23)19(26)15-11-14(22-9-8-20-12-17(22)24)6-7-16(15)21(2)18(19)25/h3,5-7,11,13,20,23,26H,4,8-10,12H2,1-2H3/b5-3+/t13-,19+/m0/s1. The third kappa shape index (κ3) is 2.92. The summed E-state index contributed by atoms with van der Waals surface area (Å²) in [6.07, 6.45) is 3.98. The third-order valence-corrected chi connectivity index (χ3v) is 5.16. The van der Waals surface area contributed by atoms with Gasteiger partial charge in [0.1, 0.15) is 0 Å². The SMILES string of the molecule is C[C@@H](/C=C/CCO)[C@]1(O)C(=O)N(C)c2ccc(N3CCNCC3=O)cc21. The van der Waals surface area contributed by atoms with Gasteiger partial charge in [0.05, 0.1) is 12.2 Å². The maximum atomic E-state index is 12.8. The molecule has 7 heteroatoms. The minimum absolute atomic E-state index is 0.0152. The van der Waals surface area contributed by atoms with E-state index < -0.39 is 17.4 Å². The van der Waals surface area contributed by atoms with Crippen LogP contribution in [0.15, 0.2) is 30.4 Å². The molecule has 0 aromatic heterocycles. The molecular weight excluding hydrogens is 334 g/mol. The Kier molecular flexibility index (Phi) is 5.13. The summed E-state index contributed by atoms with van der Waals surface area (Å²) >= 11 is 0. The highest BCUT2D eigenvalue weighted by Gasteiger charge is 2.51. The molecule has 26 heavy (non-hydrogen) atoms. The van der Waals surface area contributed by atoms with Crippen LogP contribution in [0.4, 0.5) is 11.4 Å². The topological polar surface area (TPSA) is 93.1 Å². The van der Waals surface area contributed by atoms with Gasteiger partial charge in [-0.05, 0) is 24.6 Å². The molecule has 2 heterocycles. The molecule has 2 atom stereocenters. The lowest BCUT2D eigenvalue weighted by atomic mass is 9.82. The minimum atomic E-state index is -1.69. The fourth-order valence-electron chi connectivity index (χ4n) is 3.60. The van der Waals surface area contributed by atoms with Crippen molar-refractivity contribution in [2.45, 2.75) is 18.9 Å². The molecular formula is C19H25N3O4. The first-order valence-electron chi connectivity index (χ1n) is 8.85. The first-order valence-corrected chi connectivity index (χ1v) is 8.85. The van der Waals surface area contributed by atoms with Crippen molar-refractivity contribution < 1.29 is 19.8 Å². The Hall–Kier alpha value is -2.22. The molecule has 0 aliphatic carbocycles. The number of nitrogens with one attached hydrogen (secondary N) is 1. The van der Waals surface area contributed by atoms with Crippen molar-refractivity contribution in [1.82, 2.24) is 5.32 Å². The fourth-order valence-corrected chi connectivity index (χ4v) is 3.60. The molecule has 1 aromatic rings. The van der Waals surface area contributed by atoms with Crippen LogP contribution in [0.5, 0.6) is 0 Å². The zero-order valence-electron chi connectivity index (χ0n) is 15.1. The number of hydrogen-bond acceptors (Lipinski definition) is 5. The molecule has 3 rings (SSSR count). The monoisotopic (exact) mass is 359 g/mol. The Labute approximate surface area is 152 Å². The number of anilines is 2. The molecule has 1 aromatic carbocycles. The van der Waals surface area contributed by atoms with Gasteiger partial charge in [0.2, 0.25) is 5.91 Å². The summed E-state index contributed by atoms with van der Waals surface area (Å²) < 4.78 is 0. The number of hydrogen-bond donors (Lipinski definition) is 3. The minimum Gasteiger partial charge on any atom is -0.396 e. The van der Waals surface area contributed by atoms with Crippen LogP contribution in [0.25, 0.3) is 0 Å². The molecule has 2 aliphatic heterocycles. The second-order valence-corrected chi connectivity index (χ2v) is 6.78. The molecule has 140 valence electrons. The first-order chi connectivity index (χ1) is 12.4. The van der Waals surface area contributed by atoms with E-state index in [4.69, 9.17) is 5.11 Å². The first kappa shape index (κ1) is 18.6. The van der Waals surface area contributed by atoms with Crippen molar-refractivity contribution in [3.63, 3.8) is 0 Å². The van der Waals surface area contributed by atoms with E-state index in [0.717, 1.165) is 0 Å². The van der Waals surface area contributed by atoms with Crippen LogP contribution in [0.1, 0.15) is 18.9 Å². The Morgan fingerprint density at radius 1 is 1.38 bits per heavy atom. The van der Waals surface area contributed by atoms with Crippen molar-refractivity contribution in [2.75, 3.05) is 43.1 Å². The van der Waals surface area contributed by atoms with Crippen molar-refractivity contribution in [1.29, 1.82) is 0 Å². The van der Waals surface area contributed by atoms with Crippen LogP contribution in [-0.2, 0) is 15.2 Å². The molecule has 0 saturated carbocycles. The van der Waals surface area contributed by atoms with Gasteiger partial charge < -0.3 is 25.3 Å². The van der Waals surface area contributed by atoms with Crippen molar-refractivity contribution in [2.24, 2.45) is 5.92 Å². The van der Waals surface area contributed by atoms with Crippen LogP contribution in [0.3, 0.4) is 0 Å². The molecule has 2 aliphatic rings. The van der Waals surface area contributed by atoms with Gasteiger partial charge in [-0.2, -0.15) is 0 Å². The normalized spacial score (nSPS) is 24.5. The Bertz CT molecular complexity index is 748. The number of aliphatic hydroxyl groups excluding tert-OH is 1. The van der Waals surface area contributed by atoms with Gasteiger partial charge in [0.25, 0.3) is 5.91 Å².